The number of nitrogens with one attached hydrogen (secondary N) is 2. The molecular weight excluding hydrogens is 434 g/mol. The summed E-state index contributed by atoms with van der Waals surface area (Å²) in [5.41, 5.74) is -0.594. The zero-order valence-corrected chi connectivity index (χ0v) is 18.5. The maximum absolute atomic E-state index is 12.8. The number of amides is 1. The fraction of sp³-hybridized carbons (Fsp3) is 0.350. The third-order valence-corrected chi connectivity index (χ3v) is 5.57. The maximum Gasteiger partial charge on any atom is 0.387 e. The van der Waals surface area contributed by atoms with Gasteiger partial charge in [0.1, 0.15) is 10.6 Å². The van der Waals surface area contributed by atoms with Crippen molar-refractivity contribution < 1.29 is 36.2 Å². The van der Waals surface area contributed by atoms with E-state index in [-0.39, 0.29) is 33.4 Å². The number of sulfonamides is 1. The molecule has 0 saturated carbocycles. The molecule has 2 aromatic carbocycles. The van der Waals surface area contributed by atoms with Gasteiger partial charge in [0.25, 0.3) is 5.91 Å². The number of halogens is 2. The van der Waals surface area contributed by atoms with Crippen molar-refractivity contribution >= 4 is 21.6 Å². The molecule has 11 heteroatoms. The van der Waals surface area contributed by atoms with E-state index in [0.717, 1.165) is 0 Å². The topological polar surface area (TPSA) is 103 Å². The number of benzene rings is 2. The van der Waals surface area contributed by atoms with Crippen molar-refractivity contribution in [2.75, 3.05) is 19.5 Å². The maximum atomic E-state index is 12.8. The standard InChI is InChI=1S/C20H24F2N2O6S/c1-20(2,3)24-31(26,27)17-10-12(6-8-15(17)29-5)18(25)23-13-7-9-14(28-4)16(11-13)30-19(21)22/h6-11,19,24H,1-5H3,(H,23,25). The zero-order valence-electron chi connectivity index (χ0n) is 17.7. The summed E-state index contributed by atoms with van der Waals surface area (Å²) in [6, 6.07) is 7.85. The monoisotopic (exact) mass is 458 g/mol. The highest BCUT2D eigenvalue weighted by Crippen LogP contribution is 2.32. The molecule has 1 amide bonds. The van der Waals surface area contributed by atoms with Gasteiger partial charge in [-0.05, 0) is 51.1 Å². The van der Waals surface area contributed by atoms with E-state index in [2.05, 4.69) is 14.8 Å². The second-order valence-corrected chi connectivity index (χ2v) is 9.07. The number of anilines is 1. The first-order valence-electron chi connectivity index (χ1n) is 9.02. The first-order chi connectivity index (χ1) is 14.4. The molecule has 0 unspecified atom stereocenters. The molecule has 0 aliphatic rings. The van der Waals surface area contributed by atoms with Gasteiger partial charge in [0.15, 0.2) is 11.5 Å². The molecule has 0 bridgehead atoms. The lowest BCUT2D eigenvalue weighted by molar-refractivity contribution is -0.0511. The minimum Gasteiger partial charge on any atom is -0.495 e. The SMILES string of the molecule is COc1ccc(NC(=O)c2ccc(OC)c(S(=O)(=O)NC(C)(C)C)c2)cc1OC(F)F. The lowest BCUT2D eigenvalue weighted by Crippen LogP contribution is -2.40. The molecule has 2 rings (SSSR count). The smallest absolute Gasteiger partial charge is 0.387 e. The first kappa shape index (κ1) is 24.4. The second kappa shape index (κ2) is 9.48. The molecule has 0 aliphatic heterocycles. The molecule has 0 spiro atoms. The average molecular weight is 458 g/mol. The van der Waals surface area contributed by atoms with Crippen molar-refractivity contribution in [3.05, 3.63) is 42.0 Å². The Morgan fingerprint density at radius 2 is 1.58 bits per heavy atom. The van der Waals surface area contributed by atoms with Crippen molar-refractivity contribution in [3.63, 3.8) is 0 Å². The van der Waals surface area contributed by atoms with E-state index in [1.54, 1.807) is 20.8 Å². The van der Waals surface area contributed by atoms with E-state index >= 15 is 0 Å². The van der Waals surface area contributed by atoms with Crippen LogP contribution >= 0.6 is 0 Å². The quantitative estimate of drug-likeness (QED) is 0.626. The van der Waals surface area contributed by atoms with Crippen LogP contribution < -0.4 is 24.2 Å². The Bertz CT molecular complexity index is 1050. The molecule has 0 saturated heterocycles. The van der Waals surface area contributed by atoms with Gasteiger partial charge in [-0.25, -0.2) is 13.1 Å². The fourth-order valence-electron chi connectivity index (χ4n) is 2.63. The number of carbonyl (C=O) groups is 1. The highest BCUT2D eigenvalue weighted by Gasteiger charge is 2.26. The molecule has 0 atom stereocenters. The molecule has 0 aromatic heterocycles. The van der Waals surface area contributed by atoms with Crippen molar-refractivity contribution in [2.45, 2.75) is 37.8 Å². The lowest BCUT2D eigenvalue weighted by Gasteiger charge is -2.21. The number of carbonyl (C=O) groups excluding carboxylic acids is 1. The Hall–Kier alpha value is -2.92. The van der Waals surface area contributed by atoms with E-state index in [1.807, 2.05) is 0 Å². The van der Waals surface area contributed by atoms with Gasteiger partial charge in [0, 0.05) is 22.9 Å². The van der Waals surface area contributed by atoms with Crippen LogP contribution in [0.1, 0.15) is 31.1 Å². The minimum atomic E-state index is -3.99. The van der Waals surface area contributed by atoms with Gasteiger partial charge in [0.2, 0.25) is 10.0 Å². The highest BCUT2D eigenvalue weighted by molar-refractivity contribution is 7.89. The molecule has 0 radical (unpaired) electrons. The van der Waals surface area contributed by atoms with E-state index in [9.17, 15) is 22.0 Å². The number of hydrogen-bond acceptors (Lipinski definition) is 6. The van der Waals surface area contributed by atoms with Crippen molar-refractivity contribution in [2.24, 2.45) is 0 Å². The molecule has 2 N–H and O–H groups in total. The molecule has 0 fully saturated rings. The van der Waals surface area contributed by atoms with Crippen LogP contribution in [0.15, 0.2) is 41.3 Å². The average Bonchev–Trinajstić information content (AvgIpc) is 2.65. The molecule has 0 heterocycles. The van der Waals surface area contributed by atoms with Crippen LogP contribution in [0.3, 0.4) is 0 Å². The van der Waals surface area contributed by atoms with Crippen LogP contribution in [0.4, 0.5) is 14.5 Å². The van der Waals surface area contributed by atoms with Gasteiger partial charge in [-0.3, -0.25) is 4.79 Å². The molecule has 2 aromatic rings. The largest absolute Gasteiger partial charge is 0.495 e. The summed E-state index contributed by atoms with van der Waals surface area (Å²) in [7, 11) is -1.39. The minimum absolute atomic E-state index is 0.0160. The number of ether oxygens (including phenoxy) is 3. The van der Waals surface area contributed by atoms with E-state index in [1.165, 1.54) is 50.6 Å². The first-order valence-corrected chi connectivity index (χ1v) is 10.5. The molecule has 31 heavy (non-hydrogen) atoms. The predicted molar refractivity (Wildman–Crippen MR) is 111 cm³/mol. The lowest BCUT2D eigenvalue weighted by atomic mass is 10.1. The zero-order chi connectivity index (χ0) is 23.4. The summed E-state index contributed by atoms with van der Waals surface area (Å²) in [5, 5.41) is 2.51. The van der Waals surface area contributed by atoms with Gasteiger partial charge in [0.05, 0.1) is 14.2 Å². The van der Waals surface area contributed by atoms with Crippen LogP contribution in [0, 0.1) is 0 Å². The van der Waals surface area contributed by atoms with Crippen LogP contribution in [0.5, 0.6) is 17.2 Å². The van der Waals surface area contributed by atoms with Gasteiger partial charge in [-0.1, -0.05) is 0 Å². The number of alkyl halides is 2. The third-order valence-electron chi connectivity index (χ3n) is 3.79. The van der Waals surface area contributed by atoms with Crippen LogP contribution in [-0.2, 0) is 10.0 Å². The Labute approximate surface area is 179 Å². The number of hydrogen-bond donors (Lipinski definition) is 2. The normalized spacial score (nSPS) is 11.9. The summed E-state index contributed by atoms with van der Waals surface area (Å²) in [5.74, 6) is -0.805. The Balaban J connectivity index is 2.36. The molecule has 0 aliphatic carbocycles. The fourth-order valence-corrected chi connectivity index (χ4v) is 4.25. The summed E-state index contributed by atoms with van der Waals surface area (Å²) in [6.45, 7) is 1.95. The van der Waals surface area contributed by atoms with Gasteiger partial charge >= 0.3 is 6.61 Å². The summed E-state index contributed by atoms with van der Waals surface area (Å²) >= 11 is 0. The predicted octanol–water partition coefficient (Wildman–Crippen LogP) is 3.63. The summed E-state index contributed by atoms with van der Waals surface area (Å²) in [4.78, 5) is 12.5. The third kappa shape index (κ3) is 6.53. The van der Waals surface area contributed by atoms with Gasteiger partial charge in [-0.2, -0.15) is 8.78 Å². The van der Waals surface area contributed by atoms with Crippen LogP contribution in [0.2, 0.25) is 0 Å². The molecular formula is C20H24F2N2O6S. The van der Waals surface area contributed by atoms with Crippen LogP contribution in [0.25, 0.3) is 0 Å². The Morgan fingerprint density at radius 1 is 0.968 bits per heavy atom. The van der Waals surface area contributed by atoms with E-state index < -0.39 is 28.1 Å². The summed E-state index contributed by atoms with van der Waals surface area (Å²) < 4.78 is 67.7. The van der Waals surface area contributed by atoms with Crippen LogP contribution in [-0.4, -0.2) is 40.7 Å². The van der Waals surface area contributed by atoms with Gasteiger partial charge < -0.3 is 19.5 Å². The van der Waals surface area contributed by atoms with Crippen molar-refractivity contribution in [1.29, 1.82) is 0 Å². The second-order valence-electron chi connectivity index (χ2n) is 7.42. The van der Waals surface area contributed by atoms with E-state index in [4.69, 9.17) is 9.47 Å². The Kier molecular flexibility index (Phi) is 7.45. The van der Waals surface area contributed by atoms with Gasteiger partial charge in [-0.15, -0.1) is 0 Å². The van der Waals surface area contributed by atoms with Crippen molar-refractivity contribution in [3.8, 4) is 17.2 Å². The number of methoxy groups -OCH3 is 2. The molecule has 8 nitrogen and oxygen atoms in total. The molecule has 170 valence electrons. The number of rotatable bonds is 8. The highest BCUT2D eigenvalue weighted by atomic mass is 32.2. The van der Waals surface area contributed by atoms with E-state index in [0.29, 0.717) is 0 Å². The van der Waals surface area contributed by atoms with Crippen molar-refractivity contribution in [1.82, 2.24) is 4.72 Å². The summed E-state index contributed by atoms with van der Waals surface area (Å²) in [6.07, 6.45) is 0. The Morgan fingerprint density at radius 3 is 2.13 bits per heavy atom.